The smallest absolute Gasteiger partial charge is 0.475 e. The zero-order valence-corrected chi connectivity index (χ0v) is 12.7. The minimum Gasteiger partial charge on any atom is -0.475 e. The highest BCUT2D eigenvalue weighted by Gasteiger charge is 2.52. The van der Waals surface area contributed by atoms with Gasteiger partial charge in [-0.05, 0) is 43.4 Å². The SMILES string of the molecule is COC(=O)[C@H]1[C@@H]2CC(=CC3CC3)[C@@H](C2)[C@H]1N.O=C(O)C(F)(F)F. The summed E-state index contributed by atoms with van der Waals surface area (Å²) in [5, 5.41) is 7.12. The second-order valence-corrected chi connectivity index (χ2v) is 6.31. The van der Waals surface area contributed by atoms with E-state index in [0.29, 0.717) is 11.8 Å². The molecule has 8 heteroatoms. The van der Waals surface area contributed by atoms with Crippen molar-refractivity contribution >= 4 is 11.9 Å². The fourth-order valence-corrected chi connectivity index (χ4v) is 3.50. The molecular weight excluding hydrogens is 315 g/mol. The summed E-state index contributed by atoms with van der Waals surface area (Å²) in [6.07, 6.45) is 2.21. The lowest BCUT2D eigenvalue weighted by molar-refractivity contribution is -0.192. The molecule has 3 aliphatic rings. The van der Waals surface area contributed by atoms with Gasteiger partial charge in [0.15, 0.2) is 0 Å². The molecule has 3 aliphatic carbocycles. The molecule has 23 heavy (non-hydrogen) atoms. The van der Waals surface area contributed by atoms with Crippen LogP contribution in [0.2, 0.25) is 0 Å². The van der Waals surface area contributed by atoms with Crippen molar-refractivity contribution in [1.82, 2.24) is 0 Å². The van der Waals surface area contributed by atoms with Crippen molar-refractivity contribution < 1.29 is 32.6 Å². The van der Waals surface area contributed by atoms with Gasteiger partial charge in [0.05, 0.1) is 13.0 Å². The fourth-order valence-electron chi connectivity index (χ4n) is 3.50. The number of carbonyl (C=O) groups excluding carboxylic acids is 1. The van der Waals surface area contributed by atoms with E-state index in [4.69, 9.17) is 20.4 Å². The molecule has 3 N–H and O–H groups in total. The molecule has 3 saturated carbocycles. The Hall–Kier alpha value is -1.57. The number of methoxy groups -OCH3 is 1. The van der Waals surface area contributed by atoms with E-state index in [1.54, 1.807) is 0 Å². The zero-order valence-electron chi connectivity index (χ0n) is 12.7. The number of halogens is 3. The van der Waals surface area contributed by atoms with Crippen LogP contribution in [-0.2, 0) is 14.3 Å². The molecule has 0 aromatic rings. The predicted octanol–water partition coefficient (Wildman–Crippen LogP) is 2.11. The molecule has 0 amide bonds. The van der Waals surface area contributed by atoms with Crippen LogP contribution in [0.4, 0.5) is 13.2 Å². The van der Waals surface area contributed by atoms with Crippen molar-refractivity contribution in [3.8, 4) is 0 Å². The molecule has 3 rings (SSSR count). The number of allylic oxidation sites excluding steroid dienone is 1. The predicted molar refractivity (Wildman–Crippen MR) is 74.2 cm³/mol. The van der Waals surface area contributed by atoms with Crippen molar-refractivity contribution in [2.45, 2.75) is 37.9 Å². The number of ether oxygens (including phenoxy) is 1. The summed E-state index contributed by atoms with van der Waals surface area (Å²) in [4.78, 5) is 20.5. The summed E-state index contributed by atoms with van der Waals surface area (Å²) < 4.78 is 36.6. The van der Waals surface area contributed by atoms with Gasteiger partial charge >= 0.3 is 18.1 Å². The van der Waals surface area contributed by atoms with Gasteiger partial charge < -0.3 is 15.6 Å². The minimum absolute atomic E-state index is 0.00352. The normalized spacial score (nSPS) is 34.0. The van der Waals surface area contributed by atoms with E-state index in [-0.39, 0.29) is 17.9 Å². The highest BCUT2D eigenvalue weighted by Crippen LogP contribution is 2.52. The molecular formula is C15H20F3NO4. The molecule has 0 heterocycles. The average Bonchev–Trinajstić information content (AvgIpc) is 3.08. The Morgan fingerprint density at radius 2 is 1.91 bits per heavy atom. The molecule has 0 spiro atoms. The summed E-state index contributed by atoms with van der Waals surface area (Å²) in [6.45, 7) is 0. The van der Waals surface area contributed by atoms with Crippen LogP contribution < -0.4 is 5.73 Å². The van der Waals surface area contributed by atoms with Gasteiger partial charge in [-0.1, -0.05) is 11.6 Å². The van der Waals surface area contributed by atoms with Crippen LogP contribution in [-0.4, -0.2) is 36.4 Å². The largest absolute Gasteiger partial charge is 0.490 e. The molecule has 130 valence electrons. The Kier molecular flexibility index (Phi) is 5.03. The third-order valence-electron chi connectivity index (χ3n) is 4.71. The Morgan fingerprint density at radius 1 is 1.35 bits per heavy atom. The minimum atomic E-state index is -5.08. The number of fused-ring (bicyclic) bond motifs is 2. The first-order chi connectivity index (χ1) is 10.6. The number of hydrogen-bond donors (Lipinski definition) is 2. The summed E-state index contributed by atoms with van der Waals surface area (Å²) in [6, 6.07) is -0.00352. The molecule has 0 saturated heterocycles. The van der Waals surface area contributed by atoms with Crippen LogP contribution in [0.25, 0.3) is 0 Å². The van der Waals surface area contributed by atoms with Crippen LogP contribution in [0.1, 0.15) is 25.7 Å². The van der Waals surface area contributed by atoms with Crippen LogP contribution in [0.5, 0.6) is 0 Å². The number of rotatable bonds is 2. The van der Waals surface area contributed by atoms with Crippen LogP contribution in [0, 0.1) is 23.7 Å². The number of esters is 1. The molecule has 4 atom stereocenters. The number of aliphatic carboxylic acids is 1. The van der Waals surface area contributed by atoms with Gasteiger partial charge in [-0.15, -0.1) is 0 Å². The van der Waals surface area contributed by atoms with E-state index in [2.05, 4.69) is 6.08 Å². The first-order valence-electron chi connectivity index (χ1n) is 7.49. The Morgan fingerprint density at radius 3 is 2.30 bits per heavy atom. The van der Waals surface area contributed by atoms with E-state index in [0.717, 1.165) is 18.8 Å². The maximum atomic E-state index is 11.6. The second kappa shape index (κ2) is 6.51. The van der Waals surface area contributed by atoms with Gasteiger partial charge in [0.25, 0.3) is 0 Å². The summed E-state index contributed by atoms with van der Waals surface area (Å²) in [5.74, 6) is -1.20. The highest BCUT2D eigenvalue weighted by atomic mass is 19.4. The number of hydrogen-bond acceptors (Lipinski definition) is 4. The van der Waals surface area contributed by atoms with Crippen molar-refractivity contribution in [3.63, 3.8) is 0 Å². The molecule has 0 aromatic heterocycles. The molecule has 5 nitrogen and oxygen atoms in total. The summed E-state index contributed by atoms with van der Waals surface area (Å²) in [5.41, 5.74) is 7.71. The van der Waals surface area contributed by atoms with Crippen molar-refractivity contribution in [3.05, 3.63) is 11.6 Å². The summed E-state index contributed by atoms with van der Waals surface area (Å²) >= 11 is 0. The number of nitrogens with two attached hydrogens (primary N) is 1. The maximum absolute atomic E-state index is 11.6. The Labute approximate surface area is 131 Å². The van der Waals surface area contributed by atoms with Crippen LogP contribution >= 0.6 is 0 Å². The lowest BCUT2D eigenvalue weighted by atomic mass is 9.81. The number of carboxylic acid groups (broad SMARTS) is 1. The van der Waals surface area contributed by atoms with E-state index in [1.165, 1.54) is 25.5 Å². The number of alkyl halides is 3. The van der Waals surface area contributed by atoms with Gasteiger partial charge in [0.1, 0.15) is 0 Å². The topological polar surface area (TPSA) is 89.6 Å². The van der Waals surface area contributed by atoms with Crippen LogP contribution in [0.3, 0.4) is 0 Å². The highest BCUT2D eigenvalue weighted by molar-refractivity contribution is 5.75. The van der Waals surface area contributed by atoms with E-state index < -0.39 is 12.1 Å². The van der Waals surface area contributed by atoms with Crippen LogP contribution in [0.15, 0.2) is 11.6 Å². The summed E-state index contributed by atoms with van der Waals surface area (Å²) in [7, 11) is 1.46. The number of carbonyl (C=O) groups is 2. The van der Waals surface area contributed by atoms with E-state index >= 15 is 0 Å². The third kappa shape index (κ3) is 4.04. The van der Waals surface area contributed by atoms with Crippen molar-refractivity contribution in [2.75, 3.05) is 7.11 Å². The second-order valence-electron chi connectivity index (χ2n) is 6.31. The lowest BCUT2D eigenvalue weighted by Gasteiger charge is -2.27. The standard InChI is InChI=1S/C13H19NO2.C2HF3O2/c1-16-13(15)11-9-5-8(4-7-2-3-7)10(6-9)12(11)14;3-2(4,5)1(6)7/h4,7,9-12H,2-3,5-6,14H2,1H3;(H,6,7)/t9-,10-,11+,12-;/m1./s1. The van der Waals surface area contributed by atoms with Gasteiger partial charge in [-0.25, -0.2) is 4.79 Å². The first-order valence-corrected chi connectivity index (χ1v) is 7.49. The molecule has 3 fully saturated rings. The Bertz CT molecular complexity index is 511. The van der Waals surface area contributed by atoms with Gasteiger partial charge in [-0.2, -0.15) is 13.2 Å². The quantitative estimate of drug-likeness (QED) is 0.596. The van der Waals surface area contributed by atoms with E-state index in [1.807, 2.05) is 0 Å². The maximum Gasteiger partial charge on any atom is 0.490 e. The van der Waals surface area contributed by atoms with Crippen molar-refractivity contribution in [2.24, 2.45) is 29.4 Å². The lowest BCUT2D eigenvalue weighted by Crippen LogP contribution is -2.41. The van der Waals surface area contributed by atoms with Gasteiger partial charge in [0.2, 0.25) is 0 Å². The molecule has 0 unspecified atom stereocenters. The molecule has 0 aliphatic heterocycles. The Balaban J connectivity index is 0.000000236. The molecule has 2 bridgehead atoms. The number of carboxylic acids is 1. The fraction of sp³-hybridized carbons (Fsp3) is 0.733. The molecule has 0 radical (unpaired) electrons. The zero-order chi connectivity index (χ0) is 17.4. The van der Waals surface area contributed by atoms with E-state index in [9.17, 15) is 18.0 Å². The average molecular weight is 335 g/mol. The van der Waals surface area contributed by atoms with Gasteiger partial charge in [0, 0.05) is 6.04 Å². The molecule has 0 aromatic carbocycles. The first kappa shape index (κ1) is 17.8. The van der Waals surface area contributed by atoms with Crippen molar-refractivity contribution in [1.29, 1.82) is 0 Å². The monoisotopic (exact) mass is 335 g/mol. The third-order valence-corrected chi connectivity index (χ3v) is 4.71. The van der Waals surface area contributed by atoms with Gasteiger partial charge in [-0.3, -0.25) is 4.79 Å².